The highest BCUT2D eigenvalue weighted by Crippen LogP contribution is 2.21. The van der Waals surface area contributed by atoms with E-state index in [0.29, 0.717) is 6.42 Å². The van der Waals surface area contributed by atoms with Crippen LogP contribution in [0.15, 0.2) is 24.3 Å². The Bertz CT molecular complexity index is 433. The molecular formula is C16H23NOS. The summed E-state index contributed by atoms with van der Waals surface area (Å²) in [6.45, 7) is 7.46. The Hall–Kier alpha value is -0.800. The van der Waals surface area contributed by atoms with E-state index in [0.717, 1.165) is 36.0 Å². The lowest BCUT2D eigenvalue weighted by atomic mass is 10.1. The smallest absolute Gasteiger partial charge is 0.164 e. The van der Waals surface area contributed by atoms with E-state index < -0.39 is 0 Å². The Balaban J connectivity index is 1.83. The highest BCUT2D eigenvalue weighted by atomic mass is 32.2. The molecule has 0 saturated carbocycles. The molecule has 104 valence electrons. The molecule has 0 N–H and O–H groups in total. The predicted molar refractivity (Wildman–Crippen MR) is 83.1 cm³/mol. The summed E-state index contributed by atoms with van der Waals surface area (Å²) in [7, 11) is 0. The lowest BCUT2D eigenvalue weighted by molar-refractivity contribution is 0.0964. The molecule has 1 aliphatic heterocycles. The van der Waals surface area contributed by atoms with Crippen LogP contribution in [0.2, 0.25) is 0 Å². The molecule has 0 amide bonds. The number of thioether (sulfide) groups is 1. The minimum absolute atomic E-state index is 0.273. The van der Waals surface area contributed by atoms with Gasteiger partial charge in [-0.25, -0.2) is 0 Å². The molecule has 19 heavy (non-hydrogen) atoms. The van der Waals surface area contributed by atoms with Crippen LogP contribution in [0.4, 0.5) is 0 Å². The molecule has 1 aromatic carbocycles. The van der Waals surface area contributed by atoms with Gasteiger partial charge in [0.2, 0.25) is 0 Å². The quantitative estimate of drug-likeness (QED) is 0.769. The third-order valence-corrected chi connectivity index (χ3v) is 5.05. The second-order valence-corrected chi connectivity index (χ2v) is 6.65. The third-order valence-electron chi connectivity index (χ3n) is 3.67. The number of carbonyl (C=O) groups is 1. The van der Waals surface area contributed by atoms with Gasteiger partial charge in [-0.2, -0.15) is 11.8 Å². The average molecular weight is 277 g/mol. The molecule has 0 bridgehead atoms. The Morgan fingerprint density at radius 2 is 2.32 bits per heavy atom. The SMILES string of the molecule is CCC1CN(CCC(=O)c2cccc(C)c2)CCS1. The molecule has 1 aromatic rings. The van der Waals surface area contributed by atoms with Crippen molar-refractivity contribution in [3.8, 4) is 0 Å². The van der Waals surface area contributed by atoms with Crippen LogP contribution >= 0.6 is 11.8 Å². The van der Waals surface area contributed by atoms with Crippen molar-refractivity contribution in [3.05, 3.63) is 35.4 Å². The van der Waals surface area contributed by atoms with E-state index in [4.69, 9.17) is 0 Å². The summed E-state index contributed by atoms with van der Waals surface area (Å²) in [5.74, 6) is 1.48. The van der Waals surface area contributed by atoms with E-state index in [2.05, 4.69) is 23.6 Å². The standard InChI is InChI=1S/C16H23NOS/c1-3-15-12-17(9-10-19-15)8-7-16(18)14-6-4-5-13(2)11-14/h4-6,11,15H,3,7-10,12H2,1-2H3. The van der Waals surface area contributed by atoms with Crippen LogP contribution in [-0.4, -0.2) is 41.3 Å². The number of aryl methyl sites for hydroxylation is 1. The molecule has 1 unspecified atom stereocenters. The third kappa shape index (κ3) is 4.36. The zero-order valence-electron chi connectivity index (χ0n) is 11.9. The van der Waals surface area contributed by atoms with Crippen LogP contribution in [0.1, 0.15) is 35.7 Å². The predicted octanol–water partition coefficient (Wildman–Crippen LogP) is 3.40. The van der Waals surface area contributed by atoms with Gasteiger partial charge in [0.1, 0.15) is 0 Å². The lowest BCUT2D eigenvalue weighted by Gasteiger charge is -2.31. The molecule has 1 heterocycles. The summed E-state index contributed by atoms with van der Waals surface area (Å²) >= 11 is 2.07. The fraction of sp³-hybridized carbons (Fsp3) is 0.562. The van der Waals surface area contributed by atoms with Gasteiger partial charge in [-0.05, 0) is 19.4 Å². The largest absolute Gasteiger partial charge is 0.301 e. The van der Waals surface area contributed by atoms with Crippen molar-refractivity contribution in [2.45, 2.75) is 31.9 Å². The van der Waals surface area contributed by atoms with E-state index in [9.17, 15) is 4.79 Å². The van der Waals surface area contributed by atoms with E-state index in [1.807, 2.05) is 31.2 Å². The number of benzene rings is 1. The van der Waals surface area contributed by atoms with Gasteiger partial charge in [-0.15, -0.1) is 0 Å². The molecule has 2 nitrogen and oxygen atoms in total. The van der Waals surface area contributed by atoms with E-state index in [-0.39, 0.29) is 5.78 Å². The summed E-state index contributed by atoms with van der Waals surface area (Å²) in [5.41, 5.74) is 2.02. The van der Waals surface area contributed by atoms with Crippen molar-refractivity contribution in [3.63, 3.8) is 0 Å². The zero-order valence-corrected chi connectivity index (χ0v) is 12.7. The van der Waals surface area contributed by atoms with Crippen LogP contribution in [0.3, 0.4) is 0 Å². The molecule has 1 saturated heterocycles. The van der Waals surface area contributed by atoms with Gasteiger partial charge >= 0.3 is 0 Å². The van der Waals surface area contributed by atoms with Gasteiger partial charge in [0.05, 0.1) is 0 Å². The maximum absolute atomic E-state index is 12.2. The minimum atomic E-state index is 0.273. The highest BCUT2D eigenvalue weighted by Gasteiger charge is 2.19. The molecule has 0 radical (unpaired) electrons. The number of ketones is 1. The van der Waals surface area contributed by atoms with Gasteiger partial charge in [0, 0.05) is 42.6 Å². The van der Waals surface area contributed by atoms with E-state index in [1.165, 1.54) is 12.2 Å². The van der Waals surface area contributed by atoms with Gasteiger partial charge < -0.3 is 4.90 Å². The summed E-state index contributed by atoms with van der Waals surface area (Å²) in [6, 6.07) is 7.91. The average Bonchev–Trinajstić information content (AvgIpc) is 2.45. The Labute approximate surface area is 120 Å². The zero-order chi connectivity index (χ0) is 13.7. The number of Topliss-reactive ketones (excluding diaryl/α,β-unsaturated/α-hetero) is 1. The summed E-state index contributed by atoms with van der Waals surface area (Å²) in [5, 5.41) is 0.753. The van der Waals surface area contributed by atoms with E-state index >= 15 is 0 Å². The van der Waals surface area contributed by atoms with Crippen LogP contribution in [-0.2, 0) is 0 Å². The van der Waals surface area contributed by atoms with Crippen molar-refractivity contribution in [2.75, 3.05) is 25.4 Å². The van der Waals surface area contributed by atoms with Gasteiger partial charge in [-0.1, -0.05) is 30.7 Å². The van der Waals surface area contributed by atoms with Crippen LogP contribution < -0.4 is 0 Å². The number of rotatable bonds is 5. The second-order valence-electron chi connectivity index (χ2n) is 5.24. The molecular weight excluding hydrogens is 254 g/mol. The van der Waals surface area contributed by atoms with Gasteiger partial charge in [0.25, 0.3) is 0 Å². The van der Waals surface area contributed by atoms with Crippen LogP contribution in [0.25, 0.3) is 0 Å². The van der Waals surface area contributed by atoms with Crippen molar-refractivity contribution in [1.29, 1.82) is 0 Å². The summed E-state index contributed by atoms with van der Waals surface area (Å²) in [4.78, 5) is 14.6. The topological polar surface area (TPSA) is 20.3 Å². The van der Waals surface area contributed by atoms with Crippen molar-refractivity contribution >= 4 is 17.5 Å². The molecule has 3 heteroatoms. The first-order chi connectivity index (χ1) is 9.19. The second kappa shape index (κ2) is 7.11. The number of carbonyl (C=O) groups excluding carboxylic acids is 1. The highest BCUT2D eigenvalue weighted by molar-refractivity contribution is 8.00. The first-order valence-corrected chi connectivity index (χ1v) is 8.17. The molecule has 1 fully saturated rings. The summed E-state index contributed by atoms with van der Waals surface area (Å²) < 4.78 is 0. The van der Waals surface area contributed by atoms with Gasteiger partial charge in [0.15, 0.2) is 5.78 Å². The number of hydrogen-bond acceptors (Lipinski definition) is 3. The number of hydrogen-bond donors (Lipinski definition) is 0. The Morgan fingerprint density at radius 1 is 1.47 bits per heavy atom. The molecule has 1 aliphatic rings. The lowest BCUT2D eigenvalue weighted by Crippen LogP contribution is -2.38. The van der Waals surface area contributed by atoms with Crippen LogP contribution in [0.5, 0.6) is 0 Å². The first kappa shape index (κ1) is 14.6. The summed E-state index contributed by atoms with van der Waals surface area (Å²) in [6.07, 6.45) is 1.87. The molecule has 1 atom stereocenters. The monoisotopic (exact) mass is 277 g/mol. The van der Waals surface area contributed by atoms with Crippen LogP contribution in [0, 0.1) is 6.92 Å². The minimum Gasteiger partial charge on any atom is -0.301 e. The molecule has 2 rings (SSSR count). The normalized spacial score (nSPS) is 20.4. The molecule has 0 aliphatic carbocycles. The molecule has 0 spiro atoms. The Morgan fingerprint density at radius 3 is 3.05 bits per heavy atom. The van der Waals surface area contributed by atoms with Gasteiger partial charge in [-0.3, -0.25) is 4.79 Å². The Kier molecular flexibility index (Phi) is 5.46. The van der Waals surface area contributed by atoms with Crippen molar-refractivity contribution in [1.82, 2.24) is 4.90 Å². The fourth-order valence-electron chi connectivity index (χ4n) is 2.45. The molecule has 0 aromatic heterocycles. The number of nitrogens with zero attached hydrogens (tertiary/aromatic N) is 1. The first-order valence-electron chi connectivity index (χ1n) is 7.13. The van der Waals surface area contributed by atoms with E-state index in [1.54, 1.807) is 0 Å². The fourth-order valence-corrected chi connectivity index (χ4v) is 3.70. The van der Waals surface area contributed by atoms with Crippen molar-refractivity contribution < 1.29 is 4.79 Å². The van der Waals surface area contributed by atoms with Crippen molar-refractivity contribution in [2.24, 2.45) is 0 Å². The maximum Gasteiger partial charge on any atom is 0.164 e. The maximum atomic E-state index is 12.2.